The van der Waals surface area contributed by atoms with Crippen LogP contribution >= 0.6 is 15.9 Å². The van der Waals surface area contributed by atoms with Gasteiger partial charge in [-0.25, -0.2) is 4.79 Å². The van der Waals surface area contributed by atoms with Crippen molar-refractivity contribution in [1.82, 2.24) is 15.5 Å². The number of alkyl carbamates (subject to hydrolysis) is 1. The summed E-state index contributed by atoms with van der Waals surface area (Å²) >= 11 is 3.31. The number of alkyl halides is 2. The number of benzene rings is 2. The number of fused-ring (bicyclic) bond motifs is 3. The van der Waals surface area contributed by atoms with Crippen LogP contribution in [0.3, 0.4) is 0 Å². The van der Waals surface area contributed by atoms with Gasteiger partial charge >= 0.3 is 6.09 Å². The molecule has 2 aliphatic rings. The van der Waals surface area contributed by atoms with Crippen LogP contribution in [0.1, 0.15) is 44.4 Å². The molecule has 0 bridgehead atoms. The van der Waals surface area contributed by atoms with Gasteiger partial charge in [-0.2, -0.15) is 8.78 Å². The number of hydrogen-bond donors (Lipinski definition) is 2. The molecule has 9 heteroatoms. The Labute approximate surface area is 242 Å². The van der Waals surface area contributed by atoms with Crippen molar-refractivity contribution in [1.29, 1.82) is 0 Å². The lowest BCUT2D eigenvalue weighted by molar-refractivity contribution is -0.134. The number of nitrogens with zero attached hydrogens (tertiary/aromatic N) is 1. The minimum Gasteiger partial charge on any atom is -0.453 e. The second-order valence-electron chi connectivity index (χ2n) is 10.7. The van der Waals surface area contributed by atoms with Crippen LogP contribution in [0.5, 0.6) is 0 Å². The van der Waals surface area contributed by atoms with Crippen molar-refractivity contribution >= 4 is 33.5 Å². The highest BCUT2D eigenvalue weighted by Gasteiger charge is 2.44. The molecule has 212 valence electrons. The van der Waals surface area contributed by atoms with Gasteiger partial charge in [0, 0.05) is 34.0 Å². The number of carbonyl (C=O) groups is 2. The summed E-state index contributed by atoms with van der Waals surface area (Å²) in [6.45, 7) is 12.2. The van der Waals surface area contributed by atoms with Gasteiger partial charge in [0.05, 0.1) is 13.2 Å². The molecule has 2 amide bonds. The fourth-order valence-corrected chi connectivity index (χ4v) is 5.51. The van der Waals surface area contributed by atoms with E-state index in [1.54, 1.807) is 35.4 Å². The maximum Gasteiger partial charge on any atom is 0.407 e. The second-order valence-corrected chi connectivity index (χ2v) is 11.6. The number of hydrogen-bond acceptors (Lipinski definition) is 4. The first-order valence-electron chi connectivity index (χ1n) is 13.2. The molecule has 1 heterocycles. The molecule has 0 saturated heterocycles. The summed E-state index contributed by atoms with van der Waals surface area (Å²) in [5.74, 6) is -3.51. The van der Waals surface area contributed by atoms with E-state index < -0.39 is 24.1 Å². The van der Waals surface area contributed by atoms with E-state index in [1.165, 1.54) is 13.2 Å². The molecule has 4 rings (SSSR count). The molecule has 6 nitrogen and oxygen atoms in total. The Morgan fingerprint density at radius 2 is 1.77 bits per heavy atom. The zero-order valence-electron chi connectivity index (χ0n) is 23.2. The van der Waals surface area contributed by atoms with E-state index in [2.05, 4.69) is 37.9 Å². The summed E-state index contributed by atoms with van der Waals surface area (Å²) < 4.78 is 36.2. The largest absolute Gasteiger partial charge is 0.453 e. The molecule has 1 aliphatic carbocycles. The van der Waals surface area contributed by atoms with E-state index in [0.29, 0.717) is 33.4 Å². The Hall–Kier alpha value is -3.46. The minimum absolute atomic E-state index is 0.00484. The molecule has 2 aromatic rings. The SMILES string of the molecule is C=C(N/C=C(/c1ccc2c(c1)C(F)(F)c1cc(Br)ccc1-2)C(C)C)C1C=CCN1C(=O)C(NC(=O)OC)C(C)C. The topological polar surface area (TPSA) is 70.7 Å². The molecule has 0 radical (unpaired) electrons. The Bertz CT molecular complexity index is 1400. The normalized spacial score (nSPS) is 18.0. The van der Waals surface area contributed by atoms with Gasteiger partial charge in [-0.3, -0.25) is 4.79 Å². The summed E-state index contributed by atoms with van der Waals surface area (Å²) in [6.07, 6.45) is 4.84. The third kappa shape index (κ3) is 5.57. The third-order valence-corrected chi connectivity index (χ3v) is 7.82. The lowest BCUT2D eigenvalue weighted by Crippen LogP contribution is -2.53. The summed E-state index contributed by atoms with van der Waals surface area (Å²) in [5, 5.41) is 5.83. The smallest absolute Gasteiger partial charge is 0.407 e. The molecular weight excluding hydrogens is 580 g/mol. The van der Waals surface area contributed by atoms with Crippen molar-refractivity contribution in [3.8, 4) is 11.1 Å². The van der Waals surface area contributed by atoms with E-state index >= 15 is 8.78 Å². The number of amides is 2. The van der Waals surface area contributed by atoms with Crippen LogP contribution in [0.25, 0.3) is 16.7 Å². The number of halogens is 3. The molecule has 40 heavy (non-hydrogen) atoms. The van der Waals surface area contributed by atoms with Crippen molar-refractivity contribution in [3.63, 3.8) is 0 Å². The number of nitrogens with one attached hydrogen (secondary N) is 2. The van der Waals surface area contributed by atoms with E-state index in [9.17, 15) is 9.59 Å². The Kier molecular flexibility index (Phi) is 8.54. The zero-order valence-corrected chi connectivity index (χ0v) is 24.8. The predicted octanol–water partition coefficient (Wildman–Crippen LogP) is 6.82. The number of carbonyl (C=O) groups excluding carboxylic acids is 2. The van der Waals surface area contributed by atoms with Crippen LogP contribution in [0.15, 0.2) is 71.5 Å². The van der Waals surface area contributed by atoms with Gasteiger partial charge in [0.15, 0.2) is 0 Å². The number of methoxy groups -OCH3 is 1. The van der Waals surface area contributed by atoms with Gasteiger partial charge in [0.25, 0.3) is 5.92 Å². The lowest BCUT2D eigenvalue weighted by Gasteiger charge is -2.31. The van der Waals surface area contributed by atoms with Crippen LogP contribution in [-0.2, 0) is 15.5 Å². The van der Waals surface area contributed by atoms with Gasteiger partial charge in [-0.1, -0.05) is 80.6 Å². The summed E-state index contributed by atoms with van der Waals surface area (Å²) in [6, 6.07) is 8.94. The molecule has 0 aromatic heterocycles. The molecule has 2 atom stereocenters. The zero-order chi connectivity index (χ0) is 29.4. The van der Waals surface area contributed by atoms with Gasteiger partial charge < -0.3 is 20.3 Å². The Balaban J connectivity index is 1.57. The van der Waals surface area contributed by atoms with E-state index in [-0.39, 0.29) is 28.9 Å². The summed E-state index contributed by atoms with van der Waals surface area (Å²) in [7, 11) is 1.25. The highest BCUT2D eigenvalue weighted by molar-refractivity contribution is 9.10. The summed E-state index contributed by atoms with van der Waals surface area (Å²) in [5.41, 5.74) is 3.09. The fourth-order valence-electron chi connectivity index (χ4n) is 5.14. The summed E-state index contributed by atoms with van der Waals surface area (Å²) in [4.78, 5) is 26.8. The van der Waals surface area contributed by atoms with Gasteiger partial charge in [0.1, 0.15) is 6.04 Å². The average Bonchev–Trinajstić information content (AvgIpc) is 3.48. The van der Waals surface area contributed by atoms with Crippen molar-refractivity contribution in [2.75, 3.05) is 13.7 Å². The molecule has 0 saturated carbocycles. The highest BCUT2D eigenvalue weighted by atomic mass is 79.9. The van der Waals surface area contributed by atoms with Crippen LogP contribution in [0.4, 0.5) is 13.6 Å². The monoisotopic (exact) mass is 613 g/mol. The minimum atomic E-state index is -3.11. The van der Waals surface area contributed by atoms with Gasteiger partial charge in [-0.15, -0.1) is 0 Å². The molecule has 0 fully saturated rings. The maximum absolute atomic E-state index is 15.5. The first-order valence-corrected chi connectivity index (χ1v) is 14.0. The predicted molar refractivity (Wildman–Crippen MR) is 156 cm³/mol. The van der Waals surface area contributed by atoms with Crippen molar-refractivity contribution < 1.29 is 23.1 Å². The van der Waals surface area contributed by atoms with Crippen molar-refractivity contribution in [2.24, 2.45) is 11.8 Å². The van der Waals surface area contributed by atoms with Gasteiger partial charge in [0.2, 0.25) is 5.91 Å². The lowest BCUT2D eigenvalue weighted by atomic mass is 9.92. The Morgan fingerprint density at radius 3 is 2.40 bits per heavy atom. The van der Waals surface area contributed by atoms with Crippen molar-refractivity contribution in [3.05, 3.63) is 88.2 Å². The first kappa shape index (κ1) is 29.5. The van der Waals surface area contributed by atoms with Gasteiger partial charge in [-0.05, 0) is 52.3 Å². The molecule has 0 spiro atoms. The maximum atomic E-state index is 15.5. The van der Waals surface area contributed by atoms with E-state index in [1.807, 2.05) is 45.9 Å². The average molecular weight is 615 g/mol. The highest BCUT2D eigenvalue weighted by Crippen LogP contribution is 2.52. The number of ether oxygens (including phenoxy) is 1. The van der Waals surface area contributed by atoms with E-state index in [4.69, 9.17) is 0 Å². The van der Waals surface area contributed by atoms with E-state index in [0.717, 1.165) is 5.57 Å². The standard InChI is InChI=1S/C31H34BrF2N3O3/c1-17(2)24(20-9-11-22-23-12-10-21(32)15-26(23)31(33,34)25(22)14-20)16-35-19(5)27-8-7-13-37(27)29(38)28(18(3)4)36-30(39)40-6/h7-12,14-18,27-28,35H,5,13H2,1-4,6H3,(H,36,39)/b24-16+. The third-order valence-electron chi connectivity index (χ3n) is 7.32. The van der Waals surface area contributed by atoms with Crippen LogP contribution < -0.4 is 10.6 Å². The van der Waals surface area contributed by atoms with Crippen molar-refractivity contribution in [2.45, 2.75) is 45.7 Å². The first-order chi connectivity index (χ1) is 18.9. The fraction of sp³-hybridized carbons (Fsp3) is 0.355. The molecule has 2 N–H and O–H groups in total. The number of allylic oxidation sites excluding steroid dienone is 1. The van der Waals surface area contributed by atoms with Crippen LogP contribution in [0, 0.1) is 11.8 Å². The number of rotatable bonds is 8. The Morgan fingerprint density at radius 1 is 1.12 bits per heavy atom. The molecular formula is C31H34BrF2N3O3. The van der Waals surface area contributed by atoms with Crippen LogP contribution in [0.2, 0.25) is 0 Å². The second kappa shape index (κ2) is 11.6. The quantitative estimate of drug-likeness (QED) is 0.321. The molecule has 1 aliphatic heterocycles. The molecule has 2 unspecified atom stereocenters. The molecule has 2 aromatic carbocycles. The van der Waals surface area contributed by atoms with Crippen LogP contribution in [-0.4, -0.2) is 42.6 Å².